The van der Waals surface area contributed by atoms with Crippen LogP contribution < -0.4 is 0 Å². The predicted molar refractivity (Wildman–Crippen MR) is 211 cm³/mol. The van der Waals surface area contributed by atoms with Crippen molar-refractivity contribution >= 4 is 58.6 Å². The number of thiophene rings is 1. The molecule has 48 heavy (non-hydrogen) atoms. The van der Waals surface area contributed by atoms with Gasteiger partial charge in [0.2, 0.25) is 0 Å². The quantitative estimate of drug-likeness (QED) is 0.134. The highest BCUT2D eigenvalue weighted by Gasteiger charge is 2.36. The molecule has 1 aliphatic rings. The van der Waals surface area contributed by atoms with Crippen molar-refractivity contribution in [1.82, 2.24) is 0 Å². The van der Waals surface area contributed by atoms with Gasteiger partial charge in [-0.15, -0.1) is 11.3 Å². The zero-order chi connectivity index (χ0) is 32.6. The molecular weight excluding hydrogens is 597 g/mol. The van der Waals surface area contributed by atoms with Crippen LogP contribution in [0.2, 0.25) is 0 Å². The normalized spacial score (nSPS) is 14.0. The second-order valence-electron chi connectivity index (χ2n) is 13.7. The van der Waals surface area contributed by atoms with Gasteiger partial charge in [0.15, 0.2) is 0 Å². The number of hydrogen-bond acceptors (Lipinski definition) is 1. The second kappa shape index (κ2) is 10.9. The fourth-order valence-electron chi connectivity index (χ4n) is 8.11. The topological polar surface area (TPSA) is 0 Å². The van der Waals surface area contributed by atoms with Gasteiger partial charge in [-0.3, -0.25) is 0 Å². The second-order valence-corrected chi connectivity index (χ2v) is 14.8. The first-order valence-electron chi connectivity index (χ1n) is 16.9. The van der Waals surface area contributed by atoms with E-state index in [2.05, 4.69) is 173 Å². The number of allylic oxidation sites excluding steroid dienone is 4. The van der Waals surface area contributed by atoms with Gasteiger partial charge < -0.3 is 0 Å². The summed E-state index contributed by atoms with van der Waals surface area (Å²) in [5, 5.41) is 7.89. The lowest BCUT2D eigenvalue weighted by atomic mass is 9.81. The molecule has 0 unspecified atom stereocenters. The molecule has 8 aromatic rings. The van der Waals surface area contributed by atoms with Crippen LogP contribution in [0.5, 0.6) is 0 Å². The van der Waals surface area contributed by atoms with E-state index in [-0.39, 0.29) is 5.41 Å². The van der Waals surface area contributed by atoms with E-state index in [1.807, 2.05) is 11.3 Å². The highest BCUT2D eigenvalue weighted by atomic mass is 32.1. The Kier molecular flexibility index (Phi) is 6.58. The van der Waals surface area contributed by atoms with Gasteiger partial charge in [-0.25, -0.2) is 0 Å². The van der Waals surface area contributed by atoms with Crippen LogP contribution in [0, 0.1) is 0 Å². The van der Waals surface area contributed by atoms with Gasteiger partial charge in [0.1, 0.15) is 0 Å². The van der Waals surface area contributed by atoms with E-state index in [4.69, 9.17) is 0 Å². The van der Waals surface area contributed by atoms with Crippen LogP contribution in [-0.2, 0) is 5.41 Å². The fourth-order valence-corrected chi connectivity index (χ4v) is 9.24. The summed E-state index contributed by atoms with van der Waals surface area (Å²) in [6, 6.07) is 48.1. The van der Waals surface area contributed by atoms with Crippen LogP contribution in [0.3, 0.4) is 0 Å². The molecule has 1 aliphatic carbocycles. The van der Waals surface area contributed by atoms with Crippen molar-refractivity contribution in [3.63, 3.8) is 0 Å². The van der Waals surface area contributed by atoms with Gasteiger partial charge in [-0.2, -0.15) is 0 Å². The maximum atomic E-state index is 2.48. The van der Waals surface area contributed by atoms with E-state index in [0.717, 1.165) is 0 Å². The molecule has 0 atom stereocenters. The Balaban J connectivity index is 1.26. The SMILES string of the molecule is C/C=C\C=C(/C)c1ccc(-c2c3ccccc3c(-c3ccc4c(c3)-c3cc5sc6ccccc6c5cc3C4(C)C)c3ccccc23)cc1. The zero-order valence-corrected chi connectivity index (χ0v) is 28.6. The molecule has 1 heterocycles. The van der Waals surface area contributed by atoms with E-state index in [0.29, 0.717) is 0 Å². The Morgan fingerprint density at radius 2 is 1.10 bits per heavy atom. The van der Waals surface area contributed by atoms with E-state index in [9.17, 15) is 0 Å². The van der Waals surface area contributed by atoms with Crippen molar-refractivity contribution in [3.8, 4) is 33.4 Å². The van der Waals surface area contributed by atoms with E-state index in [1.54, 1.807) is 0 Å². The smallest absolute Gasteiger partial charge is 0.0361 e. The molecule has 0 saturated heterocycles. The van der Waals surface area contributed by atoms with Gasteiger partial charge in [0.25, 0.3) is 0 Å². The molecule has 0 aliphatic heterocycles. The molecule has 0 fully saturated rings. The van der Waals surface area contributed by atoms with Gasteiger partial charge in [0, 0.05) is 25.6 Å². The molecule has 0 nitrogen and oxygen atoms in total. The number of hydrogen-bond donors (Lipinski definition) is 0. The molecule has 230 valence electrons. The minimum Gasteiger partial charge on any atom is -0.135 e. The lowest BCUT2D eigenvalue weighted by Gasteiger charge is -2.22. The third-order valence-corrected chi connectivity index (χ3v) is 11.7. The summed E-state index contributed by atoms with van der Waals surface area (Å²) in [6.45, 7) is 9.01. The van der Waals surface area contributed by atoms with Gasteiger partial charge >= 0.3 is 0 Å². The first-order chi connectivity index (χ1) is 23.4. The largest absolute Gasteiger partial charge is 0.135 e. The molecule has 0 radical (unpaired) electrons. The maximum Gasteiger partial charge on any atom is 0.0361 e. The third-order valence-electron chi connectivity index (χ3n) is 10.6. The summed E-state index contributed by atoms with van der Waals surface area (Å²) in [5.41, 5.74) is 13.1. The lowest BCUT2D eigenvalue weighted by Crippen LogP contribution is -2.14. The van der Waals surface area contributed by atoms with Crippen LogP contribution in [0.1, 0.15) is 44.4 Å². The summed E-state index contributed by atoms with van der Waals surface area (Å²) < 4.78 is 2.72. The lowest BCUT2D eigenvalue weighted by molar-refractivity contribution is 0.661. The first kappa shape index (κ1) is 28.9. The molecule has 0 saturated carbocycles. The number of benzene rings is 7. The standard InChI is InChI=1S/C47H36S/c1-5-6-13-29(2)30-20-22-31(23-21-30)45-34-15-7-9-17-36(34)46(37-18-10-8-16-35(37)45)32-24-25-41-38(26-32)39-28-44-40(27-42(39)47(41,3)4)33-14-11-12-19-43(33)48-44/h5-28H,1-4H3/b6-5-,29-13+. The van der Waals surface area contributed by atoms with Crippen LogP contribution >= 0.6 is 11.3 Å². The van der Waals surface area contributed by atoms with E-state index in [1.165, 1.54) is 97.4 Å². The minimum atomic E-state index is -0.0685. The maximum absolute atomic E-state index is 2.48. The Morgan fingerprint density at radius 1 is 0.542 bits per heavy atom. The van der Waals surface area contributed by atoms with Crippen molar-refractivity contribution in [1.29, 1.82) is 0 Å². The molecule has 0 N–H and O–H groups in total. The van der Waals surface area contributed by atoms with Gasteiger partial charge in [-0.1, -0.05) is 135 Å². The van der Waals surface area contributed by atoms with Crippen molar-refractivity contribution < 1.29 is 0 Å². The summed E-state index contributed by atoms with van der Waals surface area (Å²) in [5.74, 6) is 0. The Labute approximate surface area is 286 Å². The molecule has 9 rings (SSSR count). The minimum absolute atomic E-state index is 0.0685. The highest BCUT2D eigenvalue weighted by Crippen LogP contribution is 2.53. The molecular formula is C47H36S. The number of fused-ring (bicyclic) bond motifs is 8. The van der Waals surface area contributed by atoms with Crippen LogP contribution in [0.15, 0.2) is 146 Å². The van der Waals surface area contributed by atoms with Crippen molar-refractivity contribution in [3.05, 3.63) is 162 Å². The Morgan fingerprint density at radius 3 is 1.75 bits per heavy atom. The first-order valence-corrected chi connectivity index (χ1v) is 17.7. The summed E-state index contributed by atoms with van der Waals surface area (Å²) in [4.78, 5) is 0. The molecule has 0 amide bonds. The fraction of sp³-hybridized carbons (Fsp3) is 0.106. The summed E-state index contributed by atoms with van der Waals surface area (Å²) >= 11 is 1.91. The average molecular weight is 633 g/mol. The highest BCUT2D eigenvalue weighted by molar-refractivity contribution is 7.25. The molecule has 0 spiro atoms. The Hall–Kier alpha value is -5.24. The monoisotopic (exact) mass is 632 g/mol. The van der Waals surface area contributed by atoms with Crippen molar-refractivity contribution in [2.24, 2.45) is 0 Å². The van der Waals surface area contributed by atoms with Crippen LogP contribution in [-0.4, -0.2) is 0 Å². The van der Waals surface area contributed by atoms with Gasteiger partial charge in [-0.05, 0) is 115 Å². The zero-order valence-electron chi connectivity index (χ0n) is 27.8. The van der Waals surface area contributed by atoms with Gasteiger partial charge in [0.05, 0.1) is 0 Å². The molecule has 1 aromatic heterocycles. The third kappa shape index (κ3) is 4.28. The molecule has 7 aromatic carbocycles. The molecule has 1 heteroatoms. The van der Waals surface area contributed by atoms with Crippen molar-refractivity contribution in [2.45, 2.75) is 33.1 Å². The van der Waals surface area contributed by atoms with E-state index < -0.39 is 0 Å². The average Bonchev–Trinajstić information content (AvgIpc) is 3.59. The van der Waals surface area contributed by atoms with Crippen LogP contribution in [0.25, 0.3) is 80.7 Å². The summed E-state index contributed by atoms with van der Waals surface area (Å²) in [7, 11) is 0. The Bertz CT molecular complexity index is 2580. The number of rotatable bonds is 4. The summed E-state index contributed by atoms with van der Waals surface area (Å²) in [6.07, 6.45) is 6.35. The molecule has 0 bridgehead atoms. The van der Waals surface area contributed by atoms with Crippen LogP contribution in [0.4, 0.5) is 0 Å². The predicted octanol–water partition coefficient (Wildman–Crippen LogP) is 14.0. The van der Waals surface area contributed by atoms with Crippen molar-refractivity contribution in [2.75, 3.05) is 0 Å². The van der Waals surface area contributed by atoms with E-state index >= 15 is 0 Å².